The Morgan fingerprint density at radius 1 is 1.29 bits per heavy atom. The van der Waals surface area contributed by atoms with Crippen molar-refractivity contribution >= 4 is 11.8 Å². The van der Waals surface area contributed by atoms with E-state index in [4.69, 9.17) is 4.74 Å². The number of carbonyl (C=O) groups is 2. The number of likely N-dealkylation sites (N-methyl/N-ethyl adjacent to an activating group) is 1. The summed E-state index contributed by atoms with van der Waals surface area (Å²) in [5.74, 6) is 0.135. The van der Waals surface area contributed by atoms with E-state index in [9.17, 15) is 9.59 Å². The largest absolute Gasteiger partial charge is 0.383 e. The summed E-state index contributed by atoms with van der Waals surface area (Å²) in [5, 5.41) is 6.05. The summed E-state index contributed by atoms with van der Waals surface area (Å²) >= 11 is 0. The molecule has 1 aliphatic heterocycles. The molecule has 1 saturated heterocycles. The summed E-state index contributed by atoms with van der Waals surface area (Å²) in [4.78, 5) is 27.0. The first-order valence-corrected chi connectivity index (χ1v) is 7.44. The highest BCUT2D eigenvalue weighted by molar-refractivity contribution is 5.78. The van der Waals surface area contributed by atoms with Crippen molar-refractivity contribution in [2.75, 3.05) is 60.5 Å². The Morgan fingerprint density at radius 3 is 2.52 bits per heavy atom. The average molecular weight is 300 g/mol. The molecule has 0 aromatic rings. The molecule has 0 bridgehead atoms. The lowest BCUT2D eigenvalue weighted by Crippen LogP contribution is -2.48. The molecule has 1 rings (SSSR count). The van der Waals surface area contributed by atoms with Gasteiger partial charge in [0, 0.05) is 46.9 Å². The molecule has 2 N–H and O–H groups in total. The Hall–Kier alpha value is -1.18. The van der Waals surface area contributed by atoms with Crippen molar-refractivity contribution < 1.29 is 14.3 Å². The number of nitrogens with one attached hydrogen (secondary N) is 2. The normalized spacial score (nSPS) is 16.7. The van der Waals surface area contributed by atoms with E-state index in [0.717, 1.165) is 25.9 Å². The van der Waals surface area contributed by atoms with E-state index in [-0.39, 0.29) is 11.8 Å². The molecule has 0 spiro atoms. The minimum Gasteiger partial charge on any atom is -0.383 e. The Morgan fingerprint density at radius 2 is 1.95 bits per heavy atom. The number of ether oxygens (including phenoxy) is 1. The van der Waals surface area contributed by atoms with Crippen molar-refractivity contribution in [2.45, 2.75) is 18.9 Å². The van der Waals surface area contributed by atoms with E-state index >= 15 is 0 Å². The van der Waals surface area contributed by atoms with Gasteiger partial charge in [0.05, 0.1) is 19.7 Å². The van der Waals surface area contributed by atoms with Crippen LogP contribution in [0.3, 0.4) is 0 Å². The highest BCUT2D eigenvalue weighted by atomic mass is 16.5. The molecule has 0 aliphatic carbocycles. The number of piperidine rings is 1. The van der Waals surface area contributed by atoms with Gasteiger partial charge in [0.1, 0.15) is 0 Å². The second kappa shape index (κ2) is 9.70. The number of likely N-dealkylation sites (tertiary alicyclic amines) is 1. The molecule has 0 aromatic heterocycles. The molecule has 1 fully saturated rings. The number of carbonyl (C=O) groups excluding carboxylic acids is 2. The first-order chi connectivity index (χ1) is 10.0. The minimum absolute atomic E-state index is 0.00253. The number of hydrogen-bond donors (Lipinski definition) is 2. The molecule has 0 radical (unpaired) electrons. The van der Waals surface area contributed by atoms with Crippen LogP contribution in [0.4, 0.5) is 0 Å². The summed E-state index contributed by atoms with van der Waals surface area (Å²) in [6.45, 7) is 3.68. The van der Waals surface area contributed by atoms with Gasteiger partial charge in [-0.1, -0.05) is 0 Å². The fraction of sp³-hybridized carbons (Fsp3) is 0.857. The topological polar surface area (TPSA) is 73.9 Å². The fourth-order valence-electron chi connectivity index (χ4n) is 2.22. The average Bonchev–Trinajstić information content (AvgIpc) is 2.46. The zero-order chi connectivity index (χ0) is 15.7. The van der Waals surface area contributed by atoms with Crippen LogP contribution in [0.5, 0.6) is 0 Å². The van der Waals surface area contributed by atoms with Gasteiger partial charge in [0.2, 0.25) is 11.8 Å². The Balaban J connectivity index is 2.13. The van der Waals surface area contributed by atoms with E-state index in [0.29, 0.717) is 32.3 Å². The molecule has 1 heterocycles. The summed E-state index contributed by atoms with van der Waals surface area (Å²) in [6, 6.07) is 0.351. The zero-order valence-corrected chi connectivity index (χ0v) is 13.4. The van der Waals surface area contributed by atoms with Crippen molar-refractivity contribution in [2.24, 2.45) is 0 Å². The van der Waals surface area contributed by atoms with E-state index in [1.165, 1.54) is 0 Å². The van der Waals surface area contributed by atoms with Gasteiger partial charge in [0.25, 0.3) is 0 Å². The molecule has 21 heavy (non-hydrogen) atoms. The van der Waals surface area contributed by atoms with Crippen LogP contribution in [0.25, 0.3) is 0 Å². The number of hydrogen-bond acceptors (Lipinski definition) is 5. The Bertz CT molecular complexity index is 328. The van der Waals surface area contributed by atoms with Crippen LogP contribution in [0.2, 0.25) is 0 Å². The van der Waals surface area contributed by atoms with Crippen LogP contribution >= 0.6 is 0 Å². The number of amides is 2. The highest BCUT2D eigenvalue weighted by Crippen LogP contribution is 2.09. The van der Waals surface area contributed by atoms with Crippen LogP contribution < -0.4 is 10.6 Å². The standard InChI is InChI=1S/C14H28N4O3/c1-17(2)14(20)11-18-7-4-12(5-8-18)16-10-13(19)15-6-9-21-3/h12,16H,4-11H2,1-3H3,(H,15,19). The van der Waals surface area contributed by atoms with Gasteiger partial charge in [-0.25, -0.2) is 0 Å². The van der Waals surface area contributed by atoms with Crippen molar-refractivity contribution in [1.29, 1.82) is 0 Å². The van der Waals surface area contributed by atoms with Crippen LogP contribution in [-0.2, 0) is 14.3 Å². The fourth-order valence-corrected chi connectivity index (χ4v) is 2.22. The SMILES string of the molecule is COCCNC(=O)CNC1CCN(CC(=O)N(C)C)CC1. The Labute approximate surface area is 127 Å². The van der Waals surface area contributed by atoms with Gasteiger partial charge in [-0.3, -0.25) is 14.5 Å². The maximum atomic E-state index is 11.6. The third-order valence-corrected chi connectivity index (χ3v) is 3.62. The summed E-state index contributed by atoms with van der Waals surface area (Å²) < 4.78 is 4.88. The van der Waals surface area contributed by atoms with Gasteiger partial charge in [-0.05, 0) is 12.8 Å². The first kappa shape index (κ1) is 17.9. The molecule has 0 unspecified atom stereocenters. The predicted octanol–water partition coefficient (Wildman–Crippen LogP) is -1.11. The number of nitrogens with zero attached hydrogens (tertiary/aromatic N) is 2. The third-order valence-electron chi connectivity index (χ3n) is 3.62. The molecule has 1 aliphatic rings. The smallest absolute Gasteiger partial charge is 0.236 e. The van der Waals surface area contributed by atoms with Crippen LogP contribution in [0, 0.1) is 0 Å². The second-order valence-electron chi connectivity index (χ2n) is 5.56. The maximum Gasteiger partial charge on any atom is 0.236 e. The van der Waals surface area contributed by atoms with Crippen LogP contribution in [0.15, 0.2) is 0 Å². The first-order valence-electron chi connectivity index (χ1n) is 7.44. The molecule has 2 amide bonds. The van der Waals surface area contributed by atoms with Crippen molar-refractivity contribution in [1.82, 2.24) is 20.4 Å². The summed E-state index contributed by atoms with van der Waals surface area (Å²) in [6.07, 6.45) is 1.93. The lowest BCUT2D eigenvalue weighted by molar-refractivity contribution is -0.130. The van der Waals surface area contributed by atoms with Gasteiger partial charge >= 0.3 is 0 Å². The van der Waals surface area contributed by atoms with E-state index in [2.05, 4.69) is 15.5 Å². The quantitative estimate of drug-likeness (QED) is 0.556. The molecular formula is C14H28N4O3. The Kier molecular flexibility index (Phi) is 8.26. The van der Waals surface area contributed by atoms with Gasteiger partial charge in [-0.2, -0.15) is 0 Å². The zero-order valence-electron chi connectivity index (χ0n) is 13.4. The van der Waals surface area contributed by atoms with Gasteiger partial charge in [-0.15, -0.1) is 0 Å². The molecule has 0 saturated carbocycles. The van der Waals surface area contributed by atoms with E-state index in [1.807, 2.05) is 0 Å². The predicted molar refractivity (Wildman–Crippen MR) is 81.0 cm³/mol. The lowest BCUT2D eigenvalue weighted by Gasteiger charge is -2.32. The summed E-state index contributed by atoms with van der Waals surface area (Å²) in [7, 11) is 5.16. The third kappa shape index (κ3) is 7.40. The van der Waals surface area contributed by atoms with Crippen molar-refractivity contribution in [3.05, 3.63) is 0 Å². The van der Waals surface area contributed by atoms with E-state index in [1.54, 1.807) is 26.1 Å². The van der Waals surface area contributed by atoms with Crippen molar-refractivity contribution in [3.8, 4) is 0 Å². The van der Waals surface area contributed by atoms with Crippen LogP contribution in [0.1, 0.15) is 12.8 Å². The lowest BCUT2D eigenvalue weighted by atomic mass is 10.1. The minimum atomic E-state index is -0.00253. The molecular weight excluding hydrogens is 272 g/mol. The molecule has 122 valence electrons. The molecule has 0 atom stereocenters. The van der Waals surface area contributed by atoms with E-state index < -0.39 is 0 Å². The second-order valence-corrected chi connectivity index (χ2v) is 5.56. The number of rotatable bonds is 8. The number of methoxy groups -OCH3 is 1. The molecule has 0 aromatic carbocycles. The maximum absolute atomic E-state index is 11.6. The highest BCUT2D eigenvalue weighted by Gasteiger charge is 2.21. The monoisotopic (exact) mass is 300 g/mol. The molecule has 7 heteroatoms. The van der Waals surface area contributed by atoms with Gasteiger partial charge in [0.15, 0.2) is 0 Å². The van der Waals surface area contributed by atoms with Crippen molar-refractivity contribution in [3.63, 3.8) is 0 Å². The summed E-state index contributed by atoms with van der Waals surface area (Å²) in [5.41, 5.74) is 0. The van der Waals surface area contributed by atoms with Gasteiger partial charge < -0.3 is 20.3 Å². The molecule has 7 nitrogen and oxygen atoms in total. The van der Waals surface area contributed by atoms with Crippen LogP contribution in [-0.4, -0.2) is 88.2 Å².